The molecule has 0 fully saturated rings. The van der Waals surface area contributed by atoms with Crippen LogP contribution in [0.2, 0.25) is 0 Å². The number of hydrogen-bond donors (Lipinski definition) is 0. The van der Waals surface area contributed by atoms with Gasteiger partial charge in [0.2, 0.25) is 0 Å². The highest BCUT2D eigenvalue weighted by Gasteiger charge is 2.11. The average molecular weight is 672 g/mol. The van der Waals surface area contributed by atoms with E-state index in [9.17, 15) is 0 Å². The van der Waals surface area contributed by atoms with Crippen molar-refractivity contribution in [3.63, 3.8) is 0 Å². The Morgan fingerprint density at radius 1 is 0.469 bits per heavy atom. The van der Waals surface area contributed by atoms with Crippen LogP contribution in [0.15, 0.2) is 42.6 Å². The van der Waals surface area contributed by atoms with Crippen LogP contribution < -0.4 is 9.47 Å². The van der Waals surface area contributed by atoms with Gasteiger partial charge in [0, 0.05) is 30.9 Å². The molecular weight excluding hydrogens is 593 g/mol. The Balaban J connectivity index is 1.72. The molecule has 0 radical (unpaired) electrons. The number of nitrogens with zero attached hydrogens (tertiary/aromatic N) is 2. The number of hydrogen-bond acceptors (Lipinski definition) is 1. The predicted molar refractivity (Wildman–Crippen MR) is 219 cm³/mol. The van der Waals surface area contributed by atoms with Crippen LogP contribution in [0.4, 0.5) is 5.69 Å². The molecule has 2 aromatic rings. The molecule has 0 spiro atoms. The molecule has 0 amide bonds. The molecule has 0 saturated heterocycles. The molecule has 0 N–H and O–H groups in total. The van der Waals surface area contributed by atoms with Crippen LogP contribution in [0, 0.1) is 12.3 Å². The molecule has 1 aromatic carbocycles. The van der Waals surface area contributed by atoms with E-state index in [1.54, 1.807) is 0 Å². The van der Waals surface area contributed by atoms with Crippen molar-refractivity contribution in [2.75, 3.05) is 18.0 Å². The molecular formula is C47H79N2+. The van der Waals surface area contributed by atoms with Gasteiger partial charge in [0.05, 0.1) is 0 Å². The molecule has 0 saturated carbocycles. The number of terminal acetylenes is 1. The van der Waals surface area contributed by atoms with E-state index < -0.39 is 0 Å². The maximum Gasteiger partial charge on any atom is 0.257 e. The lowest BCUT2D eigenvalue weighted by molar-refractivity contribution is -0.695. The summed E-state index contributed by atoms with van der Waals surface area (Å²) < 4.78 is 2.13. The minimum absolute atomic E-state index is 0.895. The van der Waals surface area contributed by atoms with Gasteiger partial charge < -0.3 is 4.90 Å². The van der Waals surface area contributed by atoms with Crippen LogP contribution in [0.5, 0.6) is 0 Å². The smallest absolute Gasteiger partial charge is 0.257 e. The van der Waals surface area contributed by atoms with E-state index in [0.717, 1.165) is 12.2 Å². The molecule has 0 aliphatic rings. The van der Waals surface area contributed by atoms with Gasteiger partial charge in [0.1, 0.15) is 6.54 Å². The van der Waals surface area contributed by atoms with E-state index in [2.05, 4.69) is 78.8 Å². The molecule has 49 heavy (non-hydrogen) atoms. The summed E-state index contributed by atoms with van der Waals surface area (Å²) in [7, 11) is 0. The van der Waals surface area contributed by atoms with Gasteiger partial charge >= 0.3 is 0 Å². The predicted octanol–water partition coefficient (Wildman–Crippen LogP) is 14.4. The van der Waals surface area contributed by atoms with Crippen molar-refractivity contribution in [2.45, 2.75) is 207 Å². The molecule has 0 atom stereocenters. The first-order valence-corrected chi connectivity index (χ1v) is 21.6. The minimum Gasteiger partial charge on any atom is -0.372 e. The summed E-state index contributed by atoms with van der Waals surface area (Å²) in [5.74, 6) is 2.86. The average Bonchev–Trinajstić information content (AvgIpc) is 3.14. The number of rotatable bonds is 33. The Kier molecular flexibility index (Phi) is 26.7. The van der Waals surface area contributed by atoms with Crippen molar-refractivity contribution in [3.05, 3.63) is 48.3 Å². The second-order valence-corrected chi connectivity index (χ2v) is 15.0. The normalized spacial score (nSPS) is 11.2. The SMILES string of the molecule is C#Cc1cc(-c2ccc(N(CCCCCCCCCCCCCCCC)CCCCCCCCCCCCCCCC)cc2)cc[n+]1CC. The van der Waals surface area contributed by atoms with Gasteiger partial charge in [-0.3, -0.25) is 0 Å². The lowest BCUT2D eigenvalue weighted by Crippen LogP contribution is -2.35. The van der Waals surface area contributed by atoms with Crippen molar-refractivity contribution in [1.82, 2.24) is 0 Å². The molecule has 276 valence electrons. The van der Waals surface area contributed by atoms with Gasteiger partial charge in [-0.2, -0.15) is 4.57 Å². The number of pyridine rings is 1. The summed E-state index contributed by atoms with van der Waals surface area (Å²) in [4.78, 5) is 2.67. The number of unbranched alkanes of at least 4 members (excludes halogenated alkanes) is 26. The molecule has 0 bridgehead atoms. The summed E-state index contributed by atoms with van der Waals surface area (Å²) in [5, 5.41) is 0. The van der Waals surface area contributed by atoms with E-state index in [1.165, 1.54) is 210 Å². The minimum atomic E-state index is 0.895. The summed E-state index contributed by atoms with van der Waals surface area (Å²) in [6, 6.07) is 13.6. The summed E-state index contributed by atoms with van der Waals surface area (Å²) in [6.07, 6.45) is 47.6. The summed E-state index contributed by atoms with van der Waals surface area (Å²) in [6.45, 7) is 10.0. The van der Waals surface area contributed by atoms with E-state index in [-0.39, 0.29) is 0 Å². The summed E-state index contributed by atoms with van der Waals surface area (Å²) >= 11 is 0. The zero-order valence-corrected chi connectivity index (χ0v) is 32.9. The fraction of sp³-hybridized carbons (Fsp3) is 0.723. The third kappa shape index (κ3) is 20.9. The molecule has 0 aliphatic carbocycles. The maximum atomic E-state index is 5.81. The highest BCUT2D eigenvalue weighted by Crippen LogP contribution is 2.25. The lowest BCUT2D eigenvalue weighted by atomic mass is 10.0. The first-order chi connectivity index (χ1) is 24.2. The Morgan fingerprint density at radius 2 is 0.837 bits per heavy atom. The standard InChI is InChI=1S/C47H79N2/c1-5-9-11-13-15-17-19-21-23-25-27-29-31-33-40-49(41-34-32-30-28-26-24-22-20-18-16-14-12-10-6-2)47-37-35-44(36-38-47)45-39-42-48(8-4)46(7-3)43-45/h3,35-39,42-43H,5-6,8-34,40-41H2,1-2,4H3/q+1. The molecule has 1 aromatic heterocycles. The lowest BCUT2D eigenvalue weighted by Gasteiger charge is -2.25. The highest BCUT2D eigenvalue weighted by molar-refractivity contribution is 5.66. The first-order valence-electron chi connectivity index (χ1n) is 21.6. The third-order valence-corrected chi connectivity index (χ3v) is 10.7. The van der Waals surface area contributed by atoms with Crippen molar-refractivity contribution in [1.29, 1.82) is 0 Å². The fourth-order valence-electron chi connectivity index (χ4n) is 7.34. The Bertz CT molecular complexity index is 1030. The van der Waals surface area contributed by atoms with Gasteiger partial charge in [0.15, 0.2) is 6.20 Å². The van der Waals surface area contributed by atoms with Crippen LogP contribution in [0.25, 0.3) is 11.1 Å². The molecule has 2 rings (SSSR count). The van der Waals surface area contributed by atoms with Crippen LogP contribution in [-0.2, 0) is 6.54 Å². The van der Waals surface area contributed by atoms with Crippen molar-refractivity contribution in [3.8, 4) is 23.5 Å². The maximum absolute atomic E-state index is 5.81. The first kappa shape index (κ1) is 42.9. The Morgan fingerprint density at radius 3 is 1.18 bits per heavy atom. The van der Waals surface area contributed by atoms with Crippen LogP contribution >= 0.6 is 0 Å². The van der Waals surface area contributed by atoms with E-state index in [4.69, 9.17) is 6.42 Å². The Hall–Kier alpha value is -2.27. The molecule has 2 heteroatoms. The van der Waals surface area contributed by atoms with Crippen LogP contribution in [-0.4, -0.2) is 13.1 Å². The molecule has 2 nitrogen and oxygen atoms in total. The number of aromatic nitrogens is 1. The second kappa shape index (κ2) is 30.5. The van der Waals surface area contributed by atoms with Gasteiger partial charge in [-0.1, -0.05) is 193 Å². The zero-order chi connectivity index (χ0) is 35.0. The van der Waals surface area contributed by atoms with E-state index >= 15 is 0 Å². The topological polar surface area (TPSA) is 7.12 Å². The van der Waals surface area contributed by atoms with E-state index in [0.29, 0.717) is 0 Å². The monoisotopic (exact) mass is 672 g/mol. The van der Waals surface area contributed by atoms with Crippen LogP contribution in [0.1, 0.15) is 206 Å². The van der Waals surface area contributed by atoms with Gasteiger partial charge in [0.25, 0.3) is 5.69 Å². The van der Waals surface area contributed by atoms with Gasteiger partial charge in [-0.05, 0) is 48.9 Å². The molecule has 0 unspecified atom stereocenters. The second-order valence-electron chi connectivity index (χ2n) is 15.0. The van der Waals surface area contributed by atoms with Crippen molar-refractivity contribution < 1.29 is 4.57 Å². The number of anilines is 1. The van der Waals surface area contributed by atoms with Crippen molar-refractivity contribution >= 4 is 5.69 Å². The number of aryl methyl sites for hydroxylation is 1. The quantitative estimate of drug-likeness (QED) is 0.0416. The van der Waals surface area contributed by atoms with Gasteiger partial charge in [-0.25, -0.2) is 0 Å². The van der Waals surface area contributed by atoms with E-state index in [1.807, 2.05) is 0 Å². The summed E-state index contributed by atoms with van der Waals surface area (Å²) in [5.41, 5.74) is 4.78. The third-order valence-electron chi connectivity index (χ3n) is 10.7. The van der Waals surface area contributed by atoms with Gasteiger partial charge in [-0.15, -0.1) is 6.42 Å². The molecule has 0 aliphatic heterocycles. The zero-order valence-electron chi connectivity index (χ0n) is 32.9. The van der Waals surface area contributed by atoms with Crippen LogP contribution in [0.3, 0.4) is 0 Å². The highest BCUT2D eigenvalue weighted by atomic mass is 15.1. The fourth-order valence-corrected chi connectivity index (χ4v) is 7.34. The largest absolute Gasteiger partial charge is 0.372 e. The molecule has 1 heterocycles. The Labute approximate surface area is 306 Å². The van der Waals surface area contributed by atoms with Crippen molar-refractivity contribution in [2.24, 2.45) is 0 Å². The number of benzene rings is 1.